The van der Waals surface area contributed by atoms with Crippen LogP contribution in [0.4, 0.5) is 17.6 Å². The maximum Gasteiger partial charge on any atom is 0.416 e. The van der Waals surface area contributed by atoms with Crippen molar-refractivity contribution in [3.8, 4) is 0 Å². The highest BCUT2D eigenvalue weighted by atomic mass is 19.4. The summed E-state index contributed by atoms with van der Waals surface area (Å²) >= 11 is 0. The van der Waals surface area contributed by atoms with E-state index in [9.17, 15) is 22.4 Å². The van der Waals surface area contributed by atoms with Crippen LogP contribution in [0.5, 0.6) is 0 Å². The van der Waals surface area contributed by atoms with E-state index < -0.39 is 23.0 Å². The molecule has 224 valence electrons. The second-order valence-electron chi connectivity index (χ2n) is 13.0. The SMILES string of the molecule is CCCCCCC1(C(=O)NCc2cc(F)cc(C(F)(F)F)c2)CCC(N2CC[C@@]3(CCc4ccccc43)[C@@H](C)C2)C1. The van der Waals surface area contributed by atoms with Gasteiger partial charge in [0.05, 0.1) is 11.0 Å². The third-order valence-corrected chi connectivity index (χ3v) is 10.5. The number of hydrogen-bond acceptors (Lipinski definition) is 2. The summed E-state index contributed by atoms with van der Waals surface area (Å²) in [5, 5.41) is 2.92. The molecule has 2 unspecified atom stereocenters. The lowest BCUT2D eigenvalue weighted by Crippen LogP contribution is -2.51. The van der Waals surface area contributed by atoms with Crippen LogP contribution < -0.4 is 5.32 Å². The van der Waals surface area contributed by atoms with Crippen molar-refractivity contribution in [3.63, 3.8) is 0 Å². The van der Waals surface area contributed by atoms with Crippen LogP contribution in [0.25, 0.3) is 0 Å². The summed E-state index contributed by atoms with van der Waals surface area (Å²) in [5.74, 6) is -0.509. The van der Waals surface area contributed by atoms with Crippen molar-refractivity contribution in [2.75, 3.05) is 13.1 Å². The van der Waals surface area contributed by atoms with Gasteiger partial charge in [0.25, 0.3) is 0 Å². The lowest BCUT2D eigenvalue weighted by Gasteiger charge is -2.47. The summed E-state index contributed by atoms with van der Waals surface area (Å²) in [6.07, 6.45) is 6.43. The molecule has 1 heterocycles. The Hall–Kier alpha value is -2.41. The summed E-state index contributed by atoms with van der Waals surface area (Å²) in [4.78, 5) is 16.4. The van der Waals surface area contributed by atoms with Gasteiger partial charge in [0, 0.05) is 24.5 Å². The Balaban J connectivity index is 1.27. The fourth-order valence-electron chi connectivity index (χ4n) is 8.16. The quantitative estimate of drug-likeness (QED) is 0.243. The topological polar surface area (TPSA) is 32.3 Å². The first kappa shape index (κ1) is 30.1. The van der Waals surface area contributed by atoms with Gasteiger partial charge >= 0.3 is 6.18 Å². The Labute approximate surface area is 242 Å². The van der Waals surface area contributed by atoms with Crippen LogP contribution in [0.15, 0.2) is 42.5 Å². The third-order valence-electron chi connectivity index (χ3n) is 10.5. The lowest BCUT2D eigenvalue weighted by molar-refractivity contribution is -0.137. The number of fused-ring (bicyclic) bond motifs is 2. The van der Waals surface area contributed by atoms with Gasteiger partial charge in [0.15, 0.2) is 0 Å². The number of nitrogens with one attached hydrogen (secondary N) is 1. The molecule has 1 N–H and O–H groups in total. The largest absolute Gasteiger partial charge is 0.416 e. The summed E-state index contributed by atoms with van der Waals surface area (Å²) in [7, 11) is 0. The van der Waals surface area contributed by atoms with Crippen LogP contribution >= 0.6 is 0 Å². The van der Waals surface area contributed by atoms with E-state index in [1.807, 2.05) is 0 Å². The van der Waals surface area contributed by atoms with Crippen molar-refractivity contribution in [1.29, 1.82) is 0 Å². The Morgan fingerprint density at radius 3 is 2.63 bits per heavy atom. The third kappa shape index (κ3) is 6.21. The van der Waals surface area contributed by atoms with E-state index in [1.165, 1.54) is 17.5 Å². The van der Waals surface area contributed by atoms with Crippen molar-refractivity contribution in [1.82, 2.24) is 10.2 Å². The number of carbonyl (C=O) groups excluding carboxylic acids is 1. The second kappa shape index (κ2) is 12.1. The fourth-order valence-corrected chi connectivity index (χ4v) is 8.16. The number of amides is 1. The first-order valence-electron chi connectivity index (χ1n) is 15.5. The minimum Gasteiger partial charge on any atom is -0.352 e. The molecular weight excluding hydrogens is 528 g/mol. The molecule has 0 radical (unpaired) electrons. The Morgan fingerprint density at radius 1 is 1.07 bits per heavy atom. The Bertz CT molecular complexity index is 1230. The number of piperidine rings is 1. The molecule has 2 aliphatic carbocycles. The van der Waals surface area contributed by atoms with Gasteiger partial charge in [0.1, 0.15) is 5.82 Å². The standard InChI is InChI=1S/C34H44F4N2O/c1-3-4-5-8-13-32(31(41)39-22-25-18-27(34(36,37)38)20-28(35)19-25)14-12-29(21-32)40-17-16-33(24(2)23-40)15-11-26-9-6-7-10-30(26)33/h6-7,9-10,18-20,24,29H,3-5,8,11-17,21-23H2,1-2H3,(H,39,41)/t24-,29?,32?,33-/m0/s1. The monoisotopic (exact) mass is 572 g/mol. The number of rotatable bonds is 9. The van der Waals surface area contributed by atoms with Crippen molar-refractivity contribution < 1.29 is 22.4 Å². The van der Waals surface area contributed by atoms with Gasteiger partial charge in [-0.3, -0.25) is 4.79 Å². The molecule has 4 atom stereocenters. The Kier molecular flexibility index (Phi) is 8.84. The average molecular weight is 573 g/mol. The molecule has 2 aromatic carbocycles. The average Bonchev–Trinajstić information content (AvgIpc) is 3.54. The molecule has 1 spiro atoms. The van der Waals surface area contributed by atoms with Crippen LogP contribution in [0.1, 0.15) is 100 Å². The van der Waals surface area contributed by atoms with E-state index in [0.717, 1.165) is 89.4 Å². The van der Waals surface area contributed by atoms with Gasteiger partial charge in [-0.25, -0.2) is 4.39 Å². The number of hydrogen-bond donors (Lipinski definition) is 1. The number of unbranched alkanes of at least 4 members (excludes halogenated alkanes) is 3. The number of halogens is 4. The molecule has 41 heavy (non-hydrogen) atoms. The van der Waals surface area contributed by atoms with Gasteiger partial charge in [-0.15, -0.1) is 0 Å². The highest BCUT2D eigenvalue weighted by molar-refractivity contribution is 5.83. The number of aryl methyl sites for hydroxylation is 1. The van der Waals surface area contributed by atoms with Gasteiger partial charge in [-0.2, -0.15) is 13.2 Å². The first-order valence-corrected chi connectivity index (χ1v) is 15.5. The minimum atomic E-state index is -4.63. The van der Waals surface area contributed by atoms with Gasteiger partial charge < -0.3 is 10.2 Å². The number of benzene rings is 2. The molecule has 1 saturated carbocycles. The van der Waals surface area contributed by atoms with Crippen molar-refractivity contribution in [2.24, 2.45) is 11.3 Å². The number of likely N-dealkylation sites (tertiary alicyclic amines) is 1. The normalized spacial score (nSPS) is 28.2. The van der Waals surface area contributed by atoms with Crippen molar-refractivity contribution in [3.05, 3.63) is 70.5 Å². The van der Waals surface area contributed by atoms with Gasteiger partial charge in [-0.1, -0.05) is 63.8 Å². The van der Waals surface area contributed by atoms with Gasteiger partial charge in [0.2, 0.25) is 5.91 Å². The lowest BCUT2D eigenvalue weighted by atomic mass is 9.67. The fraction of sp³-hybridized carbons (Fsp3) is 0.618. The molecule has 1 aliphatic heterocycles. The zero-order valence-corrected chi connectivity index (χ0v) is 24.5. The highest BCUT2D eigenvalue weighted by Crippen LogP contribution is 2.51. The molecule has 0 aromatic heterocycles. The smallest absolute Gasteiger partial charge is 0.352 e. The van der Waals surface area contributed by atoms with E-state index in [1.54, 1.807) is 0 Å². The number of carbonyl (C=O) groups is 1. The molecular formula is C34H44F4N2O. The molecule has 2 fully saturated rings. The molecule has 1 amide bonds. The number of alkyl halides is 3. The van der Waals surface area contributed by atoms with E-state index >= 15 is 0 Å². The van der Waals surface area contributed by atoms with E-state index in [2.05, 4.69) is 48.3 Å². The van der Waals surface area contributed by atoms with Gasteiger partial charge in [-0.05, 0) is 92.3 Å². The zero-order chi connectivity index (χ0) is 29.3. The molecule has 3 nitrogen and oxygen atoms in total. The summed E-state index contributed by atoms with van der Waals surface area (Å²) < 4.78 is 53.6. The summed E-state index contributed by atoms with van der Waals surface area (Å²) in [6, 6.07) is 11.7. The molecule has 1 saturated heterocycles. The maximum absolute atomic E-state index is 14.0. The van der Waals surface area contributed by atoms with Crippen molar-refractivity contribution >= 4 is 5.91 Å². The molecule has 3 aliphatic rings. The zero-order valence-electron chi connectivity index (χ0n) is 24.5. The van der Waals surface area contributed by atoms with Crippen LogP contribution in [0, 0.1) is 17.2 Å². The van der Waals surface area contributed by atoms with Crippen LogP contribution in [0.3, 0.4) is 0 Å². The molecule has 7 heteroatoms. The predicted molar refractivity (Wildman–Crippen MR) is 154 cm³/mol. The van der Waals surface area contributed by atoms with E-state index in [0.29, 0.717) is 18.0 Å². The molecule has 5 rings (SSSR count). The number of nitrogens with zero attached hydrogens (tertiary/aromatic N) is 1. The molecule has 2 aromatic rings. The maximum atomic E-state index is 14.0. The van der Waals surface area contributed by atoms with Crippen LogP contribution in [-0.2, 0) is 29.4 Å². The van der Waals surface area contributed by atoms with E-state index in [-0.39, 0.29) is 23.4 Å². The molecule has 0 bridgehead atoms. The summed E-state index contributed by atoms with van der Waals surface area (Å²) in [5.41, 5.74) is 1.86. The minimum absolute atomic E-state index is 0.0967. The van der Waals surface area contributed by atoms with Crippen LogP contribution in [-0.4, -0.2) is 29.9 Å². The van der Waals surface area contributed by atoms with E-state index in [4.69, 9.17) is 0 Å². The first-order chi connectivity index (χ1) is 19.6. The highest BCUT2D eigenvalue weighted by Gasteiger charge is 2.50. The second-order valence-corrected chi connectivity index (χ2v) is 13.0. The van der Waals surface area contributed by atoms with Crippen LogP contribution in [0.2, 0.25) is 0 Å². The predicted octanol–water partition coefficient (Wildman–Crippen LogP) is 8.20. The summed E-state index contributed by atoms with van der Waals surface area (Å²) in [6.45, 7) is 6.50. The van der Waals surface area contributed by atoms with Crippen molar-refractivity contribution in [2.45, 2.75) is 109 Å². The Morgan fingerprint density at radius 2 is 1.88 bits per heavy atom.